The first-order chi connectivity index (χ1) is 13.5. The van der Waals surface area contributed by atoms with Gasteiger partial charge < -0.3 is 20.9 Å². The van der Waals surface area contributed by atoms with Crippen molar-refractivity contribution in [3.05, 3.63) is 35.4 Å². The molecule has 1 aromatic rings. The Labute approximate surface area is 193 Å². The summed E-state index contributed by atoms with van der Waals surface area (Å²) in [4.78, 5) is 19.1. The zero-order valence-corrected chi connectivity index (χ0v) is 20.7. The second kappa shape index (κ2) is 13.8. The van der Waals surface area contributed by atoms with E-state index in [1.165, 1.54) is 25.7 Å². The Kier molecular flexibility index (Phi) is 12.2. The van der Waals surface area contributed by atoms with Gasteiger partial charge in [0.15, 0.2) is 5.96 Å². The molecule has 1 aromatic carbocycles. The Hall–Kier alpha value is -1.35. The maximum absolute atomic E-state index is 12.3. The van der Waals surface area contributed by atoms with Crippen molar-refractivity contribution in [1.29, 1.82) is 0 Å². The number of guanidine groups is 1. The minimum atomic E-state index is -0.0333. The summed E-state index contributed by atoms with van der Waals surface area (Å²) in [5, 5.41) is 9.88. The van der Waals surface area contributed by atoms with Crippen LogP contribution in [0.4, 0.5) is 0 Å². The van der Waals surface area contributed by atoms with E-state index in [0.717, 1.165) is 30.5 Å². The van der Waals surface area contributed by atoms with Gasteiger partial charge in [0.2, 0.25) is 0 Å². The highest BCUT2D eigenvalue weighted by Crippen LogP contribution is 2.23. The summed E-state index contributed by atoms with van der Waals surface area (Å²) in [5.74, 6) is 1.67. The monoisotopic (exact) mass is 515 g/mol. The molecule has 0 spiro atoms. The number of rotatable bonds is 8. The third-order valence-electron chi connectivity index (χ3n) is 5.15. The molecular formula is C22H38IN5O. The van der Waals surface area contributed by atoms with Gasteiger partial charge in [0, 0.05) is 31.2 Å². The van der Waals surface area contributed by atoms with Crippen LogP contribution in [-0.4, -0.2) is 56.5 Å². The first-order valence-electron chi connectivity index (χ1n) is 10.5. The molecule has 1 amide bonds. The molecular weight excluding hydrogens is 477 g/mol. The number of benzene rings is 1. The van der Waals surface area contributed by atoms with Gasteiger partial charge in [-0.1, -0.05) is 19.1 Å². The van der Waals surface area contributed by atoms with Gasteiger partial charge in [-0.25, -0.2) is 4.99 Å². The lowest BCUT2D eigenvalue weighted by Crippen LogP contribution is -2.44. The Morgan fingerprint density at radius 1 is 1.17 bits per heavy atom. The van der Waals surface area contributed by atoms with Crippen molar-refractivity contribution < 1.29 is 4.79 Å². The molecule has 7 heteroatoms. The maximum atomic E-state index is 12.3. The SMILES string of the molecule is CCNC(=NCc1cccc(C(=O)NCCN(C)C)c1)NC1CCC(C)CC1.I. The zero-order valence-electron chi connectivity index (χ0n) is 18.3. The first kappa shape index (κ1) is 25.7. The number of halogens is 1. The summed E-state index contributed by atoms with van der Waals surface area (Å²) < 4.78 is 0. The third kappa shape index (κ3) is 9.80. The molecule has 0 aliphatic heterocycles. The van der Waals surface area contributed by atoms with Crippen LogP contribution in [0.25, 0.3) is 0 Å². The first-order valence-corrected chi connectivity index (χ1v) is 10.5. The fraction of sp³-hybridized carbons (Fsp3) is 0.636. The van der Waals surface area contributed by atoms with Crippen molar-refractivity contribution in [2.75, 3.05) is 33.7 Å². The van der Waals surface area contributed by atoms with Crippen molar-refractivity contribution in [2.45, 2.75) is 52.1 Å². The Morgan fingerprint density at radius 2 is 1.90 bits per heavy atom. The lowest BCUT2D eigenvalue weighted by molar-refractivity contribution is 0.0951. The molecule has 0 bridgehead atoms. The number of hydrogen-bond acceptors (Lipinski definition) is 3. The largest absolute Gasteiger partial charge is 0.357 e. The number of nitrogens with zero attached hydrogens (tertiary/aromatic N) is 2. The molecule has 0 heterocycles. The van der Waals surface area contributed by atoms with Crippen molar-refractivity contribution in [1.82, 2.24) is 20.9 Å². The molecule has 1 fully saturated rings. The van der Waals surface area contributed by atoms with Crippen LogP contribution >= 0.6 is 24.0 Å². The van der Waals surface area contributed by atoms with E-state index < -0.39 is 0 Å². The molecule has 164 valence electrons. The van der Waals surface area contributed by atoms with E-state index in [9.17, 15) is 4.79 Å². The number of hydrogen-bond donors (Lipinski definition) is 3. The average molecular weight is 515 g/mol. The standard InChI is InChI=1S/C22H37N5O.HI/c1-5-23-22(26-20-11-9-17(2)10-12-20)25-16-18-7-6-8-19(15-18)21(28)24-13-14-27(3)4;/h6-8,15,17,20H,5,9-14,16H2,1-4H3,(H,24,28)(H2,23,25,26);1H. The Bertz CT molecular complexity index is 642. The van der Waals surface area contributed by atoms with E-state index in [4.69, 9.17) is 4.99 Å². The van der Waals surface area contributed by atoms with Gasteiger partial charge in [-0.05, 0) is 70.3 Å². The summed E-state index contributed by atoms with van der Waals surface area (Å²) in [6.07, 6.45) is 4.96. The molecule has 6 nitrogen and oxygen atoms in total. The van der Waals surface area contributed by atoms with Gasteiger partial charge >= 0.3 is 0 Å². The van der Waals surface area contributed by atoms with E-state index in [2.05, 4.69) is 29.8 Å². The van der Waals surface area contributed by atoms with E-state index in [-0.39, 0.29) is 29.9 Å². The van der Waals surface area contributed by atoms with Gasteiger partial charge in [-0.15, -0.1) is 24.0 Å². The summed E-state index contributed by atoms with van der Waals surface area (Å²) in [7, 11) is 3.99. The lowest BCUT2D eigenvalue weighted by Gasteiger charge is -2.28. The quantitative estimate of drug-likeness (QED) is 0.283. The van der Waals surface area contributed by atoms with Gasteiger partial charge in [0.05, 0.1) is 6.54 Å². The fourth-order valence-electron chi connectivity index (χ4n) is 3.39. The molecule has 1 aliphatic rings. The average Bonchev–Trinajstić information content (AvgIpc) is 2.68. The smallest absolute Gasteiger partial charge is 0.251 e. The van der Waals surface area contributed by atoms with E-state index >= 15 is 0 Å². The molecule has 0 atom stereocenters. The highest BCUT2D eigenvalue weighted by molar-refractivity contribution is 14.0. The number of amides is 1. The van der Waals surface area contributed by atoms with Crippen LogP contribution in [0.3, 0.4) is 0 Å². The van der Waals surface area contributed by atoms with Crippen LogP contribution < -0.4 is 16.0 Å². The predicted octanol–water partition coefficient (Wildman–Crippen LogP) is 3.23. The molecule has 0 saturated heterocycles. The van der Waals surface area contributed by atoms with Gasteiger partial charge in [-0.2, -0.15) is 0 Å². The normalized spacial score (nSPS) is 19.4. The second-order valence-corrected chi connectivity index (χ2v) is 8.06. The van der Waals surface area contributed by atoms with Crippen molar-refractivity contribution in [3.63, 3.8) is 0 Å². The van der Waals surface area contributed by atoms with Crippen LogP contribution in [0.15, 0.2) is 29.3 Å². The van der Waals surface area contributed by atoms with Crippen molar-refractivity contribution >= 4 is 35.8 Å². The van der Waals surface area contributed by atoms with Crippen LogP contribution in [0, 0.1) is 5.92 Å². The number of nitrogens with one attached hydrogen (secondary N) is 3. The van der Waals surface area contributed by atoms with Gasteiger partial charge in [0.1, 0.15) is 0 Å². The van der Waals surface area contributed by atoms with Crippen LogP contribution in [-0.2, 0) is 6.54 Å². The summed E-state index contributed by atoms with van der Waals surface area (Å²) in [6.45, 7) is 7.27. The minimum absolute atomic E-state index is 0. The molecule has 1 aliphatic carbocycles. The number of carbonyl (C=O) groups is 1. The third-order valence-corrected chi connectivity index (χ3v) is 5.15. The number of likely N-dealkylation sites (N-methyl/N-ethyl adjacent to an activating group) is 1. The van der Waals surface area contributed by atoms with Gasteiger partial charge in [0.25, 0.3) is 5.91 Å². The number of carbonyl (C=O) groups excluding carboxylic acids is 1. The van der Waals surface area contributed by atoms with Crippen LogP contribution in [0.2, 0.25) is 0 Å². The topological polar surface area (TPSA) is 68.8 Å². The van der Waals surface area contributed by atoms with E-state index in [1.807, 2.05) is 43.3 Å². The molecule has 0 aromatic heterocycles. The maximum Gasteiger partial charge on any atom is 0.251 e. The van der Waals surface area contributed by atoms with Crippen molar-refractivity contribution in [2.24, 2.45) is 10.9 Å². The second-order valence-electron chi connectivity index (χ2n) is 8.06. The highest BCUT2D eigenvalue weighted by Gasteiger charge is 2.18. The highest BCUT2D eigenvalue weighted by atomic mass is 127. The molecule has 0 unspecified atom stereocenters. The van der Waals surface area contributed by atoms with Crippen LogP contribution in [0.1, 0.15) is 55.5 Å². The molecule has 0 radical (unpaired) electrons. The minimum Gasteiger partial charge on any atom is -0.357 e. The Balaban J connectivity index is 0.00000420. The zero-order chi connectivity index (χ0) is 20.4. The molecule has 3 N–H and O–H groups in total. The summed E-state index contributed by atoms with van der Waals surface area (Å²) in [6, 6.07) is 8.23. The van der Waals surface area contributed by atoms with E-state index in [1.54, 1.807) is 0 Å². The summed E-state index contributed by atoms with van der Waals surface area (Å²) in [5.41, 5.74) is 1.72. The predicted molar refractivity (Wildman–Crippen MR) is 132 cm³/mol. The summed E-state index contributed by atoms with van der Waals surface area (Å²) >= 11 is 0. The molecule has 2 rings (SSSR count). The van der Waals surface area contributed by atoms with E-state index in [0.29, 0.717) is 24.7 Å². The van der Waals surface area contributed by atoms with Crippen LogP contribution in [0.5, 0.6) is 0 Å². The lowest BCUT2D eigenvalue weighted by atomic mass is 9.87. The number of aliphatic imine (C=N–C) groups is 1. The fourth-order valence-corrected chi connectivity index (χ4v) is 3.39. The molecule has 1 saturated carbocycles. The Morgan fingerprint density at radius 3 is 2.55 bits per heavy atom. The molecule has 29 heavy (non-hydrogen) atoms. The van der Waals surface area contributed by atoms with Crippen molar-refractivity contribution in [3.8, 4) is 0 Å². The van der Waals surface area contributed by atoms with Gasteiger partial charge in [-0.3, -0.25) is 4.79 Å².